The van der Waals surface area contributed by atoms with E-state index in [0.717, 1.165) is 29.3 Å². The molecule has 2 aromatic rings. The highest BCUT2D eigenvalue weighted by Crippen LogP contribution is 2.34. The summed E-state index contributed by atoms with van der Waals surface area (Å²) in [5.41, 5.74) is 1.82. The fourth-order valence-corrected chi connectivity index (χ4v) is 7.57. The highest BCUT2D eigenvalue weighted by Gasteiger charge is 2.37. The molecular weight excluding hydrogens is 400 g/mol. The first-order valence-corrected chi connectivity index (χ1v) is 14.5. The standard InChI is InChI=1S/C23H34O4SSi/c1-6-22(27-29(7-2,8-3)9-4)23(20-13-11-10-12-14-20)26-28(24,25)21-17-15-19(5)16-18-21/h10-18,22-23H,6-9H2,1-5H3. The molecule has 0 saturated heterocycles. The Kier molecular flexibility index (Phi) is 8.64. The van der Waals surface area contributed by atoms with Crippen LogP contribution in [0.4, 0.5) is 0 Å². The molecule has 0 aliphatic heterocycles. The molecule has 0 aliphatic carbocycles. The topological polar surface area (TPSA) is 52.6 Å². The maximum Gasteiger partial charge on any atom is 0.297 e. The quantitative estimate of drug-likeness (QED) is 0.310. The molecule has 2 unspecified atom stereocenters. The molecule has 2 atom stereocenters. The van der Waals surface area contributed by atoms with E-state index in [1.165, 1.54) is 0 Å². The van der Waals surface area contributed by atoms with Crippen molar-refractivity contribution in [3.8, 4) is 0 Å². The molecule has 0 radical (unpaired) electrons. The van der Waals surface area contributed by atoms with E-state index < -0.39 is 24.5 Å². The van der Waals surface area contributed by atoms with Gasteiger partial charge in [0, 0.05) is 0 Å². The molecule has 0 spiro atoms. The molecule has 6 heteroatoms. The van der Waals surface area contributed by atoms with Crippen molar-refractivity contribution in [2.24, 2.45) is 0 Å². The average molecular weight is 435 g/mol. The minimum absolute atomic E-state index is 0.170. The summed E-state index contributed by atoms with van der Waals surface area (Å²) < 4.78 is 38.7. The van der Waals surface area contributed by atoms with E-state index in [-0.39, 0.29) is 11.0 Å². The third kappa shape index (κ3) is 6.01. The van der Waals surface area contributed by atoms with Gasteiger partial charge >= 0.3 is 0 Å². The van der Waals surface area contributed by atoms with Crippen LogP contribution in [0.1, 0.15) is 51.3 Å². The second-order valence-electron chi connectivity index (χ2n) is 7.50. The van der Waals surface area contributed by atoms with Gasteiger partial charge in [0.05, 0.1) is 11.0 Å². The summed E-state index contributed by atoms with van der Waals surface area (Å²) >= 11 is 0. The molecule has 0 heterocycles. The smallest absolute Gasteiger partial charge is 0.297 e. The molecule has 0 bridgehead atoms. The fraction of sp³-hybridized carbons (Fsp3) is 0.478. The summed E-state index contributed by atoms with van der Waals surface area (Å²) in [4.78, 5) is 0.170. The van der Waals surface area contributed by atoms with Crippen LogP contribution in [-0.4, -0.2) is 22.8 Å². The minimum atomic E-state index is -3.92. The Bertz CT molecular complexity index is 838. The van der Waals surface area contributed by atoms with Crippen molar-refractivity contribution in [1.82, 2.24) is 0 Å². The third-order valence-electron chi connectivity index (χ3n) is 5.74. The lowest BCUT2D eigenvalue weighted by molar-refractivity contribution is 0.0470. The molecule has 0 aromatic heterocycles. The molecule has 0 aliphatic rings. The van der Waals surface area contributed by atoms with Gasteiger partial charge in [-0.1, -0.05) is 75.7 Å². The lowest BCUT2D eigenvalue weighted by Gasteiger charge is -2.36. The SMILES string of the molecule is CCC(O[Si](CC)(CC)CC)C(OS(=O)(=O)c1ccc(C)cc1)c1ccccc1. The van der Waals surface area contributed by atoms with Gasteiger partial charge in [-0.05, 0) is 49.2 Å². The van der Waals surface area contributed by atoms with Gasteiger partial charge in [-0.25, -0.2) is 0 Å². The Morgan fingerprint density at radius 1 is 0.862 bits per heavy atom. The zero-order valence-electron chi connectivity index (χ0n) is 18.2. The summed E-state index contributed by atoms with van der Waals surface area (Å²) in [6.07, 6.45) is -0.314. The average Bonchev–Trinajstić information content (AvgIpc) is 2.75. The first-order chi connectivity index (χ1) is 13.8. The van der Waals surface area contributed by atoms with E-state index in [4.69, 9.17) is 8.61 Å². The van der Waals surface area contributed by atoms with Crippen LogP contribution >= 0.6 is 0 Å². The van der Waals surface area contributed by atoms with Crippen LogP contribution in [0.25, 0.3) is 0 Å². The monoisotopic (exact) mass is 434 g/mol. The molecule has 2 aromatic carbocycles. The molecule has 0 fully saturated rings. The van der Waals surface area contributed by atoms with Crippen molar-refractivity contribution in [2.75, 3.05) is 0 Å². The number of benzene rings is 2. The van der Waals surface area contributed by atoms with Gasteiger partial charge in [0.1, 0.15) is 6.10 Å². The predicted octanol–water partition coefficient (Wildman–Crippen LogP) is 6.24. The van der Waals surface area contributed by atoms with Gasteiger partial charge in [-0.3, -0.25) is 4.18 Å². The van der Waals surface area contributed by atoms with Gasteiger partial charge in [0.25, 0.3) is 10.1 Å². The second-order valence-corrected chi connectivity index (χ2v) is 13.8. The molecule has 0 saturated carbocycles. The van der Waals surface area contributed by atoms with E-state index in [1.54, 1.807) is 24.3 Å². The predicted molar refractivity (Wildman–Crippen MR) is 121 cm³/mol. The first-order valence-electron chi connectivity index (χ1n) is 10.5. The number of rotatable bonds is 11. The number of aryl methyl sites for hydroxylation is 1. The lowest BCUT2D eigenvalue weighted by Crippen LogP contribution is -2.42. The fourth-order valence-electron chi connectivity index (χ4n) is 3.55. The van der Waals surface area contributed by atoms with Gasteiger partial charge in [0.2, 0.25) is 0 Å². The summed E-state index contributed by atoms with van der Waals surface area (Å²) in [6, 6.07) is 19.3. The summed E-state index contributed by atoms with van der Waals surface area (Å²) in [5.74, 6) is 0. The minimum Gasteiger partial charge on any atom is -0.411 e. The lowest BCUT2D eigenvalue weighted by atomic mass is 10.0. The maximum atomic E-state index is 13.1. The maximum absolute atomic E-state index is 13.1. The van der Waals surface area contributed by atoms with Crippen molar-refractivity contribution >= 4 is 18.4 Å². The molecule has 2 rings (SSSR count). The highest BCUT2D eigenvalue weighted by atomic mass is 32.2. The highest BCUT2D eigenvalue weighted by molar-refractivity contribution is 7.86. The van der Waals surface area contributed by atoms with Crippen LogP contribution in [0.5, 0.6) is 0 Å². The Balaban J connectivity index is 2.42. The largest absolute Gasteiger partial charge is 0.411 e. The summed E-state index contributed by atoms with van der Waals surface area (Å²) in [5, 5.41) is 0. The Morgan fingerprint density at radius 2 is 1.41 bits per heavy atom. The van der Waals surface area contributed by atoms with Crippen LogP contribution < -0.4 is 0 Å². The summed E-state index contributed by atoms with van der Waals surface area (Å²) in [7, 11) is -5.85. The summed E-state index contributed by atoms with van der Waals surface area (Å²) in [6.45, 7) is 10.5. The van der Waals surface area contributed by atoms with Gasteiger partial charge in [-0.15, -0.1) is 0 Å². The second kappa shape index (κ2) is 10.5. The molecule has 0 amide bonds. The van der Waals surface area contributed by atoms with Crippen molar-refractivity contribution in [2.45, 2.75) is 76.3 Å². The van der Waals surface area contributed by atoms with Gasteiger partial charge in [0.15, 0.2) is 8.32 Å². The van der Waals surface area contributed by atoms with Crippen LogP contribution in [-0.2, 0) is 18.7 Å². The zero-order valence-corrected chi connectivity index (χ0v) is 20.0. The third-order valence-corrected chi connectivity index (χ3v) is 11.7. The molecular formula is C23H34O4SSi. The van der Waals surface area contributed by atoms with Crippen LogP contribution in [0.15, 0.2) is 59.5 Å². The zero-order chi connectivity index (χ0) is 21.5. The van der Waals surface area contributed by atoms with E-state index in [1.807, 2.05) is 44.2 Å². The molecule has 160 valence electrons. The van der Waals surface area contributed by atoms with Crippen molar-refractivity contribution in [3.05, 3.63) is 65.7 Å². The van der Waals surface area contributed by atoms with Gasteiger partial charge < -0.3 is 4.43 Å². The van der Waals surface area contributed by atoms with Crippen molar-refractivity contribution < 1.29 is 17.0 Å². The van der Waals surface area contributed by atoms with Crippen LogP contribution in [0.2, 0.25) is 18.1 Å². The first kappa shape index (κ1) is 23.8. The van der Waals surface area contributed by atoms with E-state index in [2.05, 4.69) is 20.8 Å². The van der Waals surface area contributed by atoms with E-state index >= 15 is 0 Å². The normalized spacial score (nSPS) is 14.5. The Hall–Kier alpha value is -1.47. The van der Waals surface area contributed by atoms with Crippen LogP contribution in [0.3, 0.4) is 0 Å². The van der Waals surface area contributed by atoms with E-state index in [9.17, 15) is 8.42 Å². The molecule has 4 nitrogen and oxygen atoms in total. The Labute approximate surface area is 177 Å². The molecule has 29 heavy (non-hydrogen) atoms. The van der Waals surface area contributed by atoms with E-state index in [0.29, 0.717) is 6.42 Å². The Morgan fingerprint density at radius 3 is 1.90 bits per heavy atom. The number of hydrogen-bond acceptors (Lipinski definition) is 4. The van der Waals surface area contributed by atoms with Gasteiger partial charge in [-0.2, -0.15) is 8.42 Å². The van der Waals surface area contributed by atoms with Crippen molar-refractivity contribution in [1.29, 1.82) is 0 Å². The number of hydrogen-bond donors (Lipinski definition) is 0. The van der Waals surface area contributed by atoms with Crippen molar-refractivity contribution in [3.63, 3.8) is 0 Å². The van der Waals surface area contributed by atoms with Crippen LogP contribution in [0, 0.1) is 6.92 Å². The molecule has 0 N–H and O–H groups in total.